The van der Waals surface area contributed by atoms with Gasteiger partial charge in [-0.2, -0.15) is 0 Å². The average molecular weight is 269 g/mol. The summed E-state index contributed by atoms with van der Waals surface area (Å²) in [4.78, 5) is 3.11. The fourth-order valence-electron chi connectivity index (χ4n) is 2.50. The molecular weight excluding hydrogens is 253 g/mol. The Kier molecular flexibility index (Phi) is 3.18. The van der Waals surface area contributed by atoms with Gasteiger partial charge in [-0.1, -0.05) is 12.1 Å². The molecule has 0 aliphatic heterocycles. The van der Waals surface area contributed by atoms with Crippen molar-refractivity contribution in [3.8, 4) is 5.75 Å². The van der Waals surface area contributed by atoms with Crippen molar-refractivity contribution in [2.45, 2.75) is 19.8 Å². The summed E-state index contributed by atoms with van der Waals surface area (Å²) in [7, 11) is 0. The Hall–Kier alpha value is -2.29. The van der Waals surface area contributed by atoms with Gasteiger partial charge in [-0.05, 0) is 60.7 Å². The second-order valence-electron chi connectivity index (χ2n) is 5.14. The van der Waals surface area contributed by atoms with Gasteiger partial charge in [0.1, 0.15) is 11.6 Å². The topological polar surface area (TPSA) is 36.0 Å². The average Bonchev–Trinajstić information content (AvgIpc) is 2.89. The summed E-state index contributed by atoms with van der Waals surface area (Å²) in [5, 5.41) is 10.8. The van der Waals surface area contributed by atoms with Crippen molar-refractivity contribution >= 4 is 10.9 Å². The molecule has 0 aliphatic rings. The van der Waals surface area contributed by atoms with E-state index < -0.39 is 0 Å². The Balaban J connectivity index is 1.80. The third-order valence-electron chi connectivity index (χ3n) is 3.63. The lowest BCUT2D eigenvalue weighted by Crippen LogP contribution is -1.93. The molecule has 0 radical (unpaired) electrons. The maximum atomic E-state index is 13.2. The molecule has 0 saturated carbocycles. The molecule has 0 fully saturated rings. The largest absolute Gasteiger partial charge is 0.507 e. The Morgan fingerprint density at radius 1 is 1.05 bits per heavy atom. The van der Waals surface area contributed by atoms with Crippen molar-refractivity contribution in [2.24, 2.45) is 0 Å². The van der Waals surface area contributed by atoms with Gasteiger partial charge in [0.15, 0.2) is 0 Å². The molecule has 0 amide bonds. The summed E-state index contributed by atoms with van der Waals surface area (Å²) in [5.74, 6) is 0.133. The molecular formula is C17H16FNO. The van der Waals surface area contributed by atoms with Crippen LogP contribution in [-0.2, 0) is 12.8 Å². The second-order valence-corrected chi connectivity index (χ2v) is 5.14. The van der Waals surface area contributed by atoms with Crippen LogP contribution >= 0.6 is 0 Å². The number of phenolic OH excluding ortho intramolecular Hbond substituents is 1. The Morgan fingerprint density at radius 3 is 2.65 bits per heavy atom. The fraction of sp³-hybridized carbons (Fsp3) is 0.176. The van der Waals surface area contributed by atoms with Gasteiger partial charge in [-0.3, -0.25) is 0 Å². The Morgan fingerprint density at radius 2 is 1.85 bits per heavy atom. The minimum Gasteiger partial charge on any atom is -0.507 e. The van der Waals surface area contributed by atoms with Gasteiger partial charge in [0, 0.05) is 17.1 Å². The molecule has 1 aromatic heterocycles. The first-order valence-electron chi connectivity index (χ1n) is 6.67. The molecule has 2 nitrogen and oxygen atoms in total. The summed E-state index contributed by atoms with van der Waals surface area (Å²) < 4.78 is 13.2. The van der Waals surface area contributed by atoms with E-state index in [4.69, 9.17) is 0 Å². The third kappa shape index (κ3) is 2.39. The highest BCUT2D eigenvalue weighted by atomic mass is 19.1. The van der Waals surface area contributed by atoms with Gasteiger partial charge in [-0.25, -0.2) is 4.39 Å². The van der Waals surface area contributed by atoms with Crippen molar-refractivity contribution < 1.29 is 9.50 Å². The first-order valence-corrected chi connectivity index (χ1v) is 6.67. The monoisotopic (exact) mass is 269 g/mol. The van der Waals surface area contributed by atoms with Crippen LogP contribution in [0.4, 0.5) is 4.39 Å². The molecule has 3 heteroatoms. The first kappa shape index (κ1) is 12.7. The van der Waals surface area contributed by atoms with E-state index in [9.17, 15) is 9.50 Å². The summed E-state index contributed by atoms with van der Waals surface area (Å²) in [6.07, 6.45) is 3.46. The van der Waals surface area contributed by atoms with E-state index in [-0.39, 0.29) is 5.82 Å². The van der Waals surface area contributed by atoms with Crippen LogP contribution in [-0.4, -0.2) is 10.1 Å². The van der Waals surface area contributed by atoms with E-state index >= 15 is 0 Å². The summed E-state index contributed by atoms with van der Waals surface area (Å²) in [6.45, 7) is 1.77. The quantitative estimate of drug-likeness (QED) is 0.737. The number of benzene rings is 2. The SMILES string of the molecule is Cc1cc(CCc2cc(O)c3cc[nH]c3c2)ccc1F. The molecule has 102 valence electrons. The van der Waals surface area contributed by atoms with Crippen molar-refractivity contribution in [3.05, 3.63) is 65.1 Å². The van der Waals surface area contributed by atoms with Gasteiger partial charge in [0.2, 0.25) is 0 Å². The number of H-pyrrole nitrogens is 1. The molecule has 2 N–H and O–H groups in total. The summed E-state index contributed by atoms with van der Waals surface area (Å²) in [5.41, 5.74) is 3.79. The van der Waals surface area contributed by atoms with Crippen LogP contribution in [0.3, 0.4) is 0 Å². The predicted octanol–water partition coefficient (Wildman–Crippen LogP) is 4.11. The second kappa shape index (κ2) is 5.00. The number of hydrogen-bond acceptors (Lipinski definition) is 1. The van der Waals surface area contributed by atoms with Gasteiger partial charge < -0.3 is 10.1 Å². The summed E-state index contributed by atoms with van der Waals surface area (Å²) >= 11 is 0. The van der Waals surface area contributed by atoms with E-state index in [1.54, 1.807) is 13.0 Å². The molecule has 0 unspecified atom stereocenters. The van der Waals surface area contributed by atoms with Gasteiger partial charge >= 0.3 is 0 Å². The number of aromatic amines is 1. The van der Waals surface area contributed by atoms with E-state index in [2.05, 4.69) is 4.98 Å². The lowest BCUT2D eigenvalue weighted by Gasteiger charge is -2.06. The number of aromatic hydroxyl groups is 1. The van der Waals surface area contributed by atoms with Crippen LogP contribution in [0.25, 0.3) is 10.9 Å². The van der Waals surface area contributed by atoms with Crippen molar-refractivity contribution in [3.63, 3.8) is 0 Å². The summed E-state index contributed by atoms with van der Waals surface area (Å²) in [6, 6.07) is 10.9. The van der Waals surface area contributed by atoms with E-state index in [1.165, 1.54) is 6.07 Å². The van der Waals surface area contributed by atoms with Gasteiger partial charge in [-0.15, -0.1) is 0 Å². The maximum Gasteiger partial charge on any atom is 0.126 e. The molecule has 3 rings (SSSR count). The Labute approximate surface area is 116 Å². The molecule has 1 heterocycles. The number of halogens is 1. The highest BCUT2D eigenvalue weighted by Crippen LogP contribution is 2.26. The third-order valence-corrected chi connectivity index (χ3v) is 3.63. The normalized spacial score (nSPS) is 11.1. The lowest BCUT2D eigenvalue weighted by atomic mass is 10.0. The van der Waals surface area contributed by atoms with Gasteiger partial charge in [0.05, 0.1) is 0 Å². The number of rotatable bonds is 3. The van der Waals surface area contributed by atoms with Gasteiger partial charge in [0.25, 0.3) is 0 Å². The number of aromatic nitrogens is 1. The smallest absolute Gasteiger partial charge is 0.126 e. The minimum absolute atomic E-state index is 0.167. The van der Waals surface area contributed by atoms with Crippen LogP contribution in [0.1, 0.15) is 16.7 Å². The molecule has 20 heavy (non-hydrogen) atoms. The predicted molar refractivity (Wildman–Crippen MR) is 78.5 cm³/mol. The van der Waals surface area contributed by atoms with E-state index in [0.717, 1.165) is 34.9 Å². The fourth-order valence-corrected chi connectivity index (χ4v) is 2.50. The molecule has 2 aromatic carbocycles. The molecule has 3 aromatic rings. The van der Waals surface area contributed by atoms with Crippen LogP contribution in [0.2, 0.25) is 0 Å². The molecule has 0 saturated heterocycles. The zero-order chi connectivity index (χ0) is 14.1. The van der Waals surface area contributed by atoms with Crippen molar-refractivity contribution in [1.29, 1.82) is 0 Å². The number of fused-ring (bicyclic) bond motifs is 1. The van der Waals surface area contributed by atoms with E-state index in [1.807, 2.05) is 30.5 Å². The van der Waals surface area contributed by atoms with Crippen LogP contribution in [0.5, 0.6) is 5.75 Å². The van der Waals surface area contributed by atoms with Crippen molar-refractivity contribution in [2.75, 3.05) is 0 Å². The minimum atomic E-state index is -0.167. The number of phenols is 1. The van der Waals surface area contributed by atoms with E-state index in [0.29, 0.717) is 11.3 Å². The molecule has 0 spiro atoms. The van der Waals surface area contributed by atoms with Crippen molar-refractivity contribution in [1.82, 2.24) is 4.98 Å². The first-order chi connectivity index (χ1) is 9.63. The number of nitrogens with one attached hydrogen (secondary N) is 1. The Bertz CT molecular complexity index is 761. The number of aryl methyl sites for hydroxylation is 3. The molecule has 0 aliphatic carbocycles. The molecule has 0 bridgehead atoms. The maximum absolute atomic E-state index is 13.2. The van der Waals surface area contributed by atoms with Crippen LogP contribution < -0.4 is 0 Å². The highest BCUT2D eigenvalue weighted by molar-refractivity contribution is 5.86. The lowest BCUT2D eigenvalue weighted by molar-refractivity contribution is 0.481. The zero-order valence-corrected chi connectivity index (χ0v) is 11.3. The standard InChI is InChI=1S/C17H16FNO/c1-11-8-12(4-5-15(11)18)2-3-13-9-16-14(6-7-19-16)17(20)10-13/h4-10,19-20H,2-3H2,1H3. The zero-order valence-electron chi connectivity index (χ0n) is 11.3. The molecule has 0 atom stereocenters. The number of hydrogen-bond donors (Lipinski definition) is 2. The van der Waals surface area contributed by atoms with Crippen LogP contribution in [0.15, 0.2) is 42.6 Å². The van der Waals surface area contributed by atoms with Crippen LogP contribution in [0, 0.1) is 12.7 Å². The highest BCUT2D eigenvalue weighted by Gasteiger charge is 2.05.